The van der Waals surface area contributed by atoms with Gasteiger partial charge in [-0.25, -0.2) is 14.6 Å². The van der Waals surface area contributed by atoms with Crippen LogP contribution in [-0.2, 0) is 15.5 Å². The van der Waals surface area contributed by atoms with Crippen LogP contribution in [0.15, 0.2) is 30.5 Å². The first-order chi connectivity index (χ1) is 13.7. The quantitative estimate of drug-likeness (QED) is 0.652. The number of carbonyl (C=O) groups excluding carboxylic acids is 1. The number of alkyl halides is 2. The van der Waals surface area contributed by atoms with E-state index in [4.69, 9.17) is 4.74 Å². The first kappa shape index (κ1) is 20.6. The first-order valence-electron chi connectivity index (χ1n) is 8.93. The predicted octanol–water partition coefficient (Wildman–Crippen LogP) is 2.97. The highest BCUT2D eigenvalue weighted by molar-refractivity contribution is 5.95. The summed E-state index contributed by atoms with van der Waals surface area (Å²) in [6, 6.07) is 6.01. The van der Waals surface area contributed by atoms with Crippen LogP contribution in [0.5, 0.6) is 0 Å². The van der Waals surface area contributed by atoms with E-state index in [9.17, 15) is 13.6 Å². The van der Waals surface area contributed by atoms with E-state index in [1.807, 2.05) is 11.9 Å². The van der Waals surface area contributed by atoms with Gasteiger partial charge in [-0.05, 0) is 12.1 Å². The number of likely N-dealkylation sites (N-methyl/N-ethyl adjacent to an activating group) is 1. The zero-order chi connectivity index (χ0) is 21.2. The molecule has 0 radical (unpaired) electrons. The van der Waals surface area contributed by atoms with Crippen molar-refractivity contribution in [3.63, 3.8) is 0 Å². The van der Waals surface area contributed by atoms with E-state index < -0.39 is 5.92 Å². The normalized spacial score (nSPS) is 11.7. The van der Waals surface area contributed by atoms with Gasteiger partial charge in [0, 0.05) is 46.8 Å². The second-order valence-corrected chi connectivity index (χ2v) is 6.69. The van der Waals surface area contributed by atoms with E-state index in [2.05, 4.69) is 20.4 Å². The number of nitrogens with zero attached hydrogens (tertiary/aromatic N) is 5. The Hall–Kier alpha value is -3.14. The zero-order valence-corrected chi connectivity index (χ0v) is 16.6. The van der Waals surface area contributed by atoms with E-state index in [1.54, 1.807) is 25.4 Å². The summed E-state index contributed by atoms with van der Waals surface area (Å²) in [7, 11) is 3.45. The Labute approximate surface area is 166 Å². The summed E-state index contributed by atoms with van der Waals surface area (Å²) >= 11 is 0. The fourth-order valence-electron chi connectivity index (χ4n) is 2.82. The van der Waals surface area contributed by atoms with Crippen LogP contribution in [0.3, 0.4) is 0 Å². The average molecular weight is 404 g/mol. The molecule has 154 valence electrons. The van der Waals surface area contributed by atoms with Crippen LogP contribution < -0.4 is 10.2 Å². The Morgan fingerprint density at radius 1 is 1.38 bits per heavy atom. The molecule has 0 unspecified atom stereocenters. The van der Waals surface area contributed by atoms with Gasteiger partial charge in [0.05, 0.1) is 17.5 Å². The molecule has 3 aromatic heterocycles. The number of methoxy groups -OCH3 is 1. The van der Waals surface area contributed by atoms with Gasteiger partial charge in [0.2, 0.25) is 5.91 Å². The third-order valence-corrected chi connectivity index (χ3v) is 4.24. The van der Waals surface area contributed by atoms with Crippen molar-refractivity contribution in [1.82, 2.24) is 19.7 Å². The minimum Gasteiger partial charge on any atom is -0.383 e. The highest BCUT2D eigenvalue weighted by Gasteiger charge is 2.27. The molecule has 1 N–H and O–H groups in total. The Kier molecular flexibility index (Phi) is 5.73. The molecule has 3 rings (SSSR count). The summed E-state index contributed by atoms with van der Waals surface area (Å²) in [6.45, 7) is 3.22. The molecular formula is C19H22F2N6O2. The monoisotopic (exact) mass is 404 g/mol. The van der Waals surface area contributed by atoms with Crippen molar-refractivity contribution < 1.29 is 18.3 Å². The number of carbonyl (C=O) groups is 1. The molecule has 8 nitrogen and oxygen atoms in total. The maximum absolute atomic E-state index is 13.8. The number of hydrogen-bond donors (Lipinski definition) is 1. The highest BCUT2D eigenvalue weighted by atomic mass is 19.3. The van der Waals surface area contributed by atoms with Gasteiger partial charge in [-0.3, -0.25) is 4.79 Å². The molecule has 10 heteroatoms. The third kappa shape index (κ3) is 4.48. The second kappa shape index (κ2) is 8.08. The number of anilines is 2. The van der Waals surface area contributed by atoms with Crippen LogP contribution in [0, 0.1) is 0 Å². The maximum atomic E-state index is 13.8. The molecule has 0 fully saturated rings. The second-order valence-electron chi connectivity index (χ2n) is 6.69. The lowest BCUT2D eigenvalue weighted by atomic mass is 10.2. The van der Waals surface area contributed by atoms with E-state index in [-0.39, 0.29) is 17.4 Å². The highest BCUT2D eigenvalue weighted by Crippen LogP contribution is 2.30. The molecule has 0 spiro atoms. The standard InChI is InChI=1S/C19H22F2N6O2/c1-12(28)23-16-10-14-13(11-22-16)18(26(3)8-9-29-4)25-27(14)17-7-5-6-15(24-17)19(2,20)21/h5-7,10-11H,8-9H2,1-4H3,(H,22,23,28). The van der Waals surface area contributed by atoms with E-state index in [1.165, 1.54) is 23.7 Å². The summed E-state index contributed by atoms with van der Waals surface area (Å²) in [5, 5.41) is 7.89. The molecule has 0 aliphatic rings. The molecule has 29 heavy (non-hydrogen) atoms. The van der Waals surface area contributed by atoms with Crippen molar-refractivity contribution in [3.05, 3.63) is 36.2 Å². The molecule has 0 bridgehead atoms. The van der Waals surface area contributed by atoms with Crippen LogP contribution in [0.1, 0.15) is 19.5 Å². The number of pyridine rings is 2. The van der Waals surface area contributed by atoms with Gasteiger partial charge in [-0.1, -0.05) is 6.07 Å². The van der Waals surface area contributed by atoms with Gasteiger partial charge in [-0.2, -0.15) is 8.78 Å². The lowest BCUT2D eigenvalue weighted by Crippen LogP contribution is -2.22. The number of amides is 1. The van der Waals surface area contributed by atoms with Gasteiger partial charge in [0.25, 0.3) is 5.92 Å². The molecule has 0 aliphatic heterocycles. The van der Waals surface area contributed by atoms with Gasteiger partial charge in [0.1, 0.15) is 11.5 Å². The fraction of sp³-hybridized carbons (Fsp3) is 0.368. The molecule has 3 aromatic rings. The first-order valence-corrected chi connectivity index (χ1v) is 8.93. The molecule has 1 amide bonds. The van der Waals surface area contributed by atoms with Crippen molar-refractivity contribution in [2.24, 2.45) is 0 Å². The molecule has 0 aliphatic carbocycles. The summed E-state index contributed by atoms with van der Waals surface area (Å²) in [5.74, 6) is -2.20. The number of rotatable bonds is 7. The summed E-state index contributed by atoms with van der Waals surface area (Å²) < 4.78 is 34.1. The number of hydrogen-bond acceptors (Lipinski definition) is 6. The molecule has 0 saturated carbocycles. The van der Waals surface area contributed by atoms with Crippen molar-refractivity contribution in [2.45, 2.75) is 19.8 Å². The van der Waals surface area contributed by atoms with Gasteiger partial charge in [-0.15, -0.1) is 5.10 Å². The minimum absolute atomic E-state index is 0.236. The number of aromatic nitrogens is 4. The molecule has 3 heterocycles. The van der Waals surface area contributed by atoms with E-state index in [0.29, 0.717) is 35.7 Å². The summed E-state index contributed by atoms with van der Waals surface area (Å²) in [5.41, 5.74) is 0.219. The SMILES string of the molecule is COCCN(C)c1nn(-c2cccc(C(C)(F)F)n2)c2cc(NC(C)=O)ncc12. The Morgan fingerprint density at radius 3 is 2.79 bits per heavy atom. The lowest BCUT2D eigenvalue weighted by Gasteiger charge is -2.15. The van der Waals surface area contributed by atoms with Crippen LogP contribution >= 0.6 is 0 Å². The van der Waals surface area contributed by atoms with Crippen LogP contribution in [-0.4, -0.2) is 53.0 Å². The summed E-state index contributed by atoms with van der Waals surface area (Å²) in [6.07, 6.45) is 1.58. The lowest BCUT2D eigenvalue weighted by molar-refractivity contribution is -0.114. The minimum atomic E-state index is -3.08. The smallest absolute Gasteiger partial charge is 0.287 e. The van der Waals surface area contributed by atoms with Gasteiger partial charge in [0.15, 0.2) is 11.6 Å². The Morgan fingerprint density at radius 2 is 2.14 bits per heavy atom. The van der Waals surface area contributed by atoms with Crippen molar-refractivity contribution >= 4 is 28.4 Å². The maximum Gasteiger partial charge on any atom is 0.287 e. The topological polar surface area (TPSA) is 85.2 Å². The van der Waals surface area contributed by atoms with Gasteiger partial charge >= 0.3 is 0 Å². The molecule has 0 saturated heterocycles. The number of nitrogens with one attached hydrogen (secondary N) is 1. The largest absolute Gasteiger partial charge is 0.383 e. The van der Waals surface area contributed by atoms with Crippen LogP contribution in [0.4, 0.5) is 20.4 Å². The van der Waals surface area contributed by atoms with Crippen molar-refractivity contribution in [2.75, 3.05) is 37.5 Å². The number of ether oxygens (including phenoxy) is 1. The number of fused-ring (bicyclic) bond motifs is 1. The third-order valence-electron chi connectivity index (χ3n) is 4.24. The number of halogens is 2. The van der Waals surface area contributed by atoms with Crippen molar-refractivity contribution in [1.29, 1.82) is 0 Å². The predicted molar refractivity (Wildman–Crippen MR) is 106 cm³/mol. The summed E-state index contributed by atoms with van der Waals surface area (Å²) in [4.78, 5) is 21.6. The Balaban J connectivity index is 2.17. The van der Waals surface area contributed by atoms with E-state index >= 15 is 0 Å². The van der Waals surface area contributed by atoms with E-state index in [0.717, 1.165) is 6.92 Å². The van der Waals surface area contributed by atoms with Gasteiger partial charge < -0.3 is 15.0 Å². The van der Waals surface area contributed by atoms with Crippen LogP contribution in [0.2, 0.25) is 0 Å². The zero-order valence-electron chi connectivity index (χ0n) is 16.6. The molecular weight excluding hydrogens is 382 g/mol. The van der Waals surface area contributed by atoms with Crippen LogP contribution in [0.25, 0.3) is 16.7 Å². The van der Waals surface area contributed by atoms with Crippen molar-refractivity contribution in [3.8, 4) is 5.82 Å². The molecule has 0 aromatic carbocycles. The Bertz CT molecular complexity index is 1030. The molecule has 0 atom stereocenters. The fourth-order valence-corrected chi connectivity index (χ4v) is 2.82. The average Bonchev–Trinajstić information content (AvgIpc) is 3.04.